The molecule has 0 spiro atoms. The van der Waals surface area contributed by atoms with E-state index in [2.05, 4.69) is 26.1 Å². The number of carbonyl (C=O) groups excluding carboxylic acids is 1. The molecule has 1 amide bonds. The SMILES string of the molecule is CCNC(C)(CC(C)SC(C)CC)C(N)=O. The number of thioether (sulfide) groups is 1. The lowest BCUT2D eigenvalue weighted by Gasteiger charge is -2.30. The molecule has 3 unspecified atom stereocenters. The number of amides is 1. The summed E-state index contributed by atoms with van der Waals surface area (Å²) >= 11 is 1.92. The van der Waals surface area contributed by atoms with E-state index in [-0.39, 0.29) is 5.91 Å². The molecule has 0 aromatic carbocycles. The van der Waals surface area contributed by atoms with Gasteiger partial charge in [0.05, 0.1) is 5.54 Å². The van der Waals surface area contributed by atoms with Crippen molar-refractivity contribution in [3.63, 3.8) is 0 Å². The fourth-order valence-corrected chi connectivity index (χ4v) is 3.18. The van der Waals surface area contributed by atoms with Gasteiger partial charge in [0, 0.05) is 10.5 Å². The third-order valence-corrected chi connectivity index (χ3v) is 4.28. The lowest BCUT2D eigenvalue weighted by Crippen LogP contribution is -2.54. The van der Waals surface area contributed by atoms with E-state index < -0.39 is 5.54 Å². The van der Waals surface area contributed by atoms with Crippen molar-refractivity contribution >= 4 is 17.7 Å². The molecule has 0 aromatic rings. The molecule has 3 nitrogen and oxygen atoms in total. The van der Waals surface area contributed by atoms with Crippen LogP contribution in [-0.2, 0) is 4.79 Å². The Morgan fingerprint density at radius 3 is 2.31 bits per heavy atom. The van der Waals surface area contributed by atoms with Gasteiger partial charge in [-0.3, -0.25) is 4.79 Å². The van der Waals surface area contributed by atoms with Crippen molar-refractivity contribution in [2.24, 2.45) is 5.73 Å². The second-order valence-electron chi connectivity index (χ2n) is 4.60. The molecule has 0 fully saturated rings. The highest BCUT2D eigenvalue weighted by Gasteiger charge is 2.32. The predicted octanol–water partition coefficient (Wildman–Crippen LogP) is 2.15. The Kier molecular flexibility index (Phi) is 7.07. The minimum absolute atomic E-state index is 0.258. The Labute approximate surface area is 104 Å². The van der Waals surface area contributed by atoms with E-state index in [1.165, 1.54) is 0 Å². The molecule has 0 radical (unpaired) electrons. The van der Waals surface area contributed by atoms with Gasteiger partial charge in [-0.2, -0.15) is 11.8 Å². The molecule has 0 aliphatic heterocycles. The lowest BCUT2D eigenvalue weighted by molar-refractivity contribution is -0.124. The molecule has 0 heterocycles. The highest BCUT2D eigenvalue weighted by Crippen LogP contribution is 2.26. The monoisotopic (exact) mass is 246 g/mol. The van der Waals surface area contributed by atoms with Crippen LogP contribution >= 0.6 is 11.8 Å². The van der Waals surface area contributed by atoms with E-state index in [1.807, 2.05) is 25.6 Å². The summed E-state index contributed by atoms with van der Waals surface area (Å²) in [7, 11) is 0. The first kappa shape index (κ1) is 15.8. The number of carbonyl (C=O) groups is 1. The van der Waals surface area contributed by atoms with Crippen LogP contribution in [0, 0.1) is 0 Å². The highest BCUT2D eigenvalue weighted by molar-refractivity contribution is 8.00. The molecule has 3 atom stereocenters. The Balaban J connectivity index is 4.34. The minimum atomic E-state index is -0.575. The summed E-state index contributed by atoms with van der Waals surface area (Å²) in [6.07, 6.45) is 1.94. The van der Waals surface area contributed by atoms with E-state index in [9.17, 15) is 4.79 Å². The average molecular weight is 246 g/mol. The van der Waals surface area contributed by atoms with Crippen LogP contribution in [0.1, 0.15) is 47.5 Å². The van der Waals surface area contributed by atoms with Crippen LogP contribution in [0.15, 0.2) is 0 Å². The molecule has 0 rings (SSSR count). The predicted molar refractivity (Wildman–Crippen MR) is 72.7 cm³/mol. The van der Waals surface area contributed by atoms with Gasteiger partial charge in [0.25, 0.3) is 0 Å². The third-order valence-electron chi connectivity index (χ3n) is 2.85. The molecule has 0 aliphatic carbocycles. The van der Waals surface area contributed by atoms with Gasteiger partial charge in [-0.25, -0.2) is 0 Å². The fourth-order valence-electron chi connectivity index (χ4n) is 1.77. The summed E-state index contributed by atoms with van der Waals surface area (Å²) in [5, 5.41) is 4.26. The summed E-state index contributed by atoms with van der Waals surface area (Å²) in [5.41, 5.74) is 4.88. The average Bonchev–Trinajstić information content (AvgIpc) is 2.17. The summed E-state index contributed by atoms with van der Waals surface area (Å²) in [6.45, 7) is 11.2. The van der Waals surface area contributed by atoms with E-state index in [0.717, 1.165) is 19.4 Å². The Bertz CT molecular complexity index is 223. The zero-order valence-electron chi connectivity index (χ0n) is 11.2. The van der Waals surface area contributed by atoms with Crippen LogP contribution in [0.25, 0.3) is 0 Å². The van der Waals surface area contributed by atoms with Crippen molar-refractivity contribution in [3.8, 4) is 0 Å². The molecular formula is C12H26N2OS. The van der Waals surface area contributed by atoms with Gasteiger partial charge in [-0.1, -0.05) is 27.7 Å². The van der Waals surface area contributed by atoms with Crippen molar-refractivity contribution < 1.29 is 4.79 Å². The molecule has 96 valence electrons. The second-order valence-corrected chi connectivity index (χ2v) is 6.48. The number of hydrogen-bond acceptors (Lipinski definition) is 3. The largest absolute Gasteiger partial charge is 0.368 e. The van der Waals surface area contributed by atoms with E-state index in [0.29, 0.717) is 10.5 Å². The first-order valence-corrected chi connectivity index (χ1v) is 7.00. The molecular weight excluding hydrogens is 220 g/mol. The maximum atomic E-state index is 11.5. The third kappa shape index (κ3) is 5.21. The maximum absolute atomic E-state index is 11.5. The number of likely N-dealkylation sites (N-methyl/N-ethyl adjacent to an activating group) is 1. The molecule has 0 saturated heterocycles. The van der Waals surface area contributed by atoms with Gasteiger partial charge in [-0.05, 0) is 26.3 Å². The summed E-state index contributed by atoms with van der Waals surface area (Å²) in [5.74, 6) is -0.258. The molecule has 0 aliphatic rings. The van der Waals surface area contributed by atoms with Crippen LogP contribution in [0.2, 0.25) is 0 Å². The lowest BCUT2D eigenvalue weighted by atomic mass is 9.95. The van der Waals surface area contributed by atoms with Gasteiger partial charge in [0.15, 0.2) is 0 Å². The number of primary amides is 1. The Morgan fingerprint density at radius 1 is 1.38 bits per heavy atom. The van der Waals surface area contributed by atoms with Crippen molar-refractivity contribution in [3.05, 3.63) is 0 Å². The molecule has 16 heavy (non-hydrogen) atoms. The second kappa shape index (κ2) is 7.17. The number of nitrogens with two attached hydrogens (primary N) is 1. The number of hydrogen-bond donors (Lipinski definition) is 2. The summed E-state index contributed by atoms with van der Waals surface area (Å²) in [6, 6.07) is 0. The molecule has 0 bridgehead atoms. The summed E-state index contributed by atoms with van der Waals surface area (Å²) in [4.78, 5) is 11.5. The van der Waals surface area contributed by atoms with Crippen LogP contribution in [0.3, 0.4) is 0 Å². The van der Waals surface area contributed by atoms with Crippen molar-refractivity contribution in [2.75, 3.05) is 6.54 Å². The number of rotatable bonds is 8. The van der Waals surface area contributed by atoms with Gasteiger partial charge < -0.3 is 11.1 Å². The Morgan fingerprint density at radius 2 is 1.94 bits per heavy atom. The molecule has 0 aromatic heterocycles. The van der Waals surface area contributed by atoms with Gasteiger partial charge in [-0.15, -0.1) is 0 Å². The van der Waals surface area contributed by atoms with Crippen molar-refractivity contribution in [1.29, 1.82) is 0 Å². The zero-order valence-corrected chi connectivity index (χ0v) is 12.0. The fraction of sp³-hybridized carbons (Fsp3) is 0.917. The Hall–Kier alpha value is -0.220. The maximum Gasteiger partial charge on any atom is 0.237 e. The smallest absolute Gasteiger partial charge is 0.237 e. The van der Waals surface area contributed by atoms with Crippen LogP contribution < -0.4 is 11.1 Å². The number of nitrogens with one attached hydrogen (secondary N) is 1. The normalized spacial score (nSPS) is 18.8. The zero-order chi connectivity index (χ0) is 12.8. The first-order valence-electron chi connectivity index (χ1n) is 6.06. The van der Waals surface area contributed by atoms with E-state index in [4.69, 9.17) is 5.73 Å². The first-order chi connectivity index (χ1) is 7.35. The summed E-state index contributed by atoms with van der Waals surface area (Å²) < 4.78 is 0. The molecule has 4 heteroatoms. The van der Waals surface area contributed by atoms with Gasteiger partial charge in [0.1, 0.15) is 0 Å². The quantitative estimate of drug-likeness (QED) is 0.690. The minimum Gasteiger partial charge on any atom is -0.368 e. The van der Waals surface area contributed by atoms with Crippen molar-refractivity contribution in [1.82, 2.24) is 5.32 Å². The van der Waals surface area contributed by atoms with Crippen LogP contribution in [0.4, 0.5) is 0 Å². The topological polar surface area (TPSA) is 55.1 Å². The van der Waals surface area contributed by atoms with E-state index >= 15 is 0 Å². The van der Waals surface area contributed by atoms with Gasteiger partial charge in [0.2, 0.25) is 5.91 Å². The van der Waals surface area contributed by atoms with Crippen LogP contribution in [0.5, 0.6) is 0 Å². The molecule has 0 saturated carbocycles. The standard InChI is InChI=1S/C12H26N2OS/c1-6-9(3)16-10(4)8-12(5,11(13)15)14-7-2/h9-10,14H,6-8H2,1-5H3,(H2,13,15). The van der Waals surface area contributed by atoms with Crippen LogP contribution in [-0.4, -0.2) is 28.5 Å². The van der Waals surface area contributed by atoms with Gasteiger partial charge >= 0.3 is 0 Å². The highest BCUT2D eigenvalue weighted by atomic mass is 32.2. The van der Waals surface area contributed by atoms with Crippen molar-refractivity contribution in [2.45, 2.75) is 63.5 Å². The molecule has 3 N–H and O–H groups in total. The van der Waals surface area contributed by atoms with E-state index in [1.54, 1.807) is 0 Å².